The quantitative estimate of drug-likeness (QED) is 0.341. The summed E-state index contributed by atoms with van der Waals surface area (Å²) >= 11 is 0. The molecule has 120 valence electrons. The minimum atomic E-state index is -1.56. The van der Waals surface area contributed by atoms with E-state index >= 15 is 0 Å². The van der Waals surface area contributed by atoms with E-state index in [9.17, 15) is 22.8 Å². The molecule has 0 saturated heterocycles. The zero-order valence-corrected chi connectivity index (χ0v) is 11.5. The smallest absolute Gasteiger partial charge is 0.270 e. The number of hydrogen-bond acceptors (Lipinski definition) is 3. The molecule has 0 saturated carbocycles. The predicted molar refractivity (Wildman–Crippen MR) is 73.6 cm³/mol. The molecule has 8 heteroatoms. The van der Waals surface area contributed by atoms with Crippen molar-refractivity contribution in [2.75, 3.05) is 0 Å². The van der Waals surface area contributed by atoms with Crippen LogP contribution < -0.4 is 10.8 Å². The van der Waals surface area contributed by atoms with Crippen LogP contribution in [0.15, 0.2) is 36.4 Å². The fraction of sp³-hybridized carbons (Fsp3) is 0.0667. The van der Waals surface area contributed by atoms with E-state index in [4.69, 9.17) is 5.21 Å². The summed E-state index contributed by atoms with van der Waals surface area (Å²) in [5.74, 6) is -5.04. The van der Waals surface area contributed by atoms with E-state index < -0.39 is 29.4 Å². The Morgan fingerprint density at radius 1 is 1.04 bits per heavy atom. The summed E-state index contributed by atoms with van der Waals surface area (Å²) in [6, 6.07) is 6.27. The minimum Gasteiger partial charge on any atom is -0.343 e. The van der Waals surface area contributed by atoms with Gasteiger partial charge in [-0.2, -0.15) is 0 Å². The second-order valence-corrected chi connectivity index (χ2v) is 4.57. The molecule has 2 amide bonds. The Kier molecular flexibility index (Phi) is 4.97. The molecule has 0 heterocycles. The Labute approximate surface area is 128 Å². The van der Waals surface area contributed by atoms with Crippen LogP contribution in [0.25, 0.3) is 11.1 Å². The predicted octanol–water partition coefficient (Wildman–Crippen LogP) is 2.06. The first-order chi connectivity index (χ1) is 11.0. The highest BCUT2D eigenvalue weighted by Crippen LogP contribution is 2.25. The molecular weight excluding hydrogens is 313 g/mol. The summed E-state index contributed by atoms with van der Waals surface area (Å²) in [5.41, 5.74) is 2.23. The van der Waals surface area contributed by atoms with Crippen molar-refractivity contribution in [3.63, 3.8) is 0 Å². The maximum absolute atomic E-state index is 13.2. The van der Waals surface area contributed by atoms with Crippen molar-refractivity contribution in [3.05, 3.63) is 59.4 Å². The third-order valence-corrected chi connectivity index (χ3v) is 3.17. The number of carbonyl (C=O) groups excluding carboxylic acids is 2. The molecule has 0 bridgehead atoms. The van der Waals surface area contributed by atoms with Crippen LogP contribution in [0.4, 0.5) is 13.2 Å². The van der Waals surface area contributed by atoms with E-state index in [1.807, 2.05) is 0 Å². The third kappa shape index (κ3) is 3.49. The molecule has 2 rings (SSSR count). The second-order valence-electron chi connectivity index (χ2n) is 4.57. The molecule has 0 aliphatic heterocycles. The van der Waals surface area contributed by atoms with Crippen LogP contribution in [0.5, 0.6) is 0 Å². The van der Waals surface area contributed by atoms with Crippen molar-refractivity contribution < 1.29 is 28.0 Å². The molecule has 1 unspecified atom stereocenters. The Morgan fingerprint density at radius 3 is 2.09 bits per heavy atom. The zero-order chi connectivity index (χ0) is 17.0. The van der Waals surface area contributed by atoms with Gasteiger partial charge in [-0.1, -0.05) is 24.3 Å². The largest absolute Gasteiger partial charge is 0.343 e. The van der Waals surface area contributed by atoms with Gasteiger partial charge in [-0.3, -0.25) is 14.8 Å². The molecule has 3 N–H and O–H groups in total. The molecule has 0 aromatic heterocycles. The topological polar surface area (TPSA) is 78.4 Å². The number of benzene rings is 2. The van der Waals surface area contributed by atoms with Crippen molar-refractivity contribution in [2.45, 2.75) is 6.04 Å². The van der Waals surface area contributed by atoms with Crippen LogP contribution in [0.2, 0.25) is 0 Å². The number of hydroxylamine groups is 1. The van der Waals surface area contributed by atoms with E-state index in [0.29, 0.717) is 17.5 Å². The highest BCUT2D eigenvalue weighted by atomic mass is 19.2. The van der Waals surface area contributed by atoms with E-state index in [0.717, 1.165) is 12.1 Å². The van der Waals surface area contributed by atoms with Gasteiger partial charge < -0.3 is 5.32 Å². The molecule has 2 aromatic rings. The fourth-order valence-corrected chi connectivity index (χ4v) is 2.05. The molecule has 0 spiro atoms. The molecule has 1 atom stereocenters. The van der Waals surface area contributed by atoms with Crippen LogP contribution in [-0.4, -0.2) is 17.5 Å². The molecule has 0 fully saturated rings. The highest BCUT2D eigenvalue weighted by Gasteiger charge is 2.19. The van der Waals surface area contributed by atoms with Crippen molar-refractivity contribution >= 4 is 12.3 Å². The molecule has 0 aliphatic carbocycles. The molecule has 0 radical (unpaired) electrons. The standard InChI is InChI=1S/C15H11F3N2O3/c16-11-5-10(6-12(17)13(11)18)8-1-3-9(4-2-8)14(19-7-21)15(22)20-23/h1-7,14,23H,(H,19,21)(H,20,22). The van der Waals surface area contributed by atoms with Gasteiger partial charge in [0.15, 0.2) is 17.5 Å². The molecular formula is C15H11F3N2O3. The van der Waals surface area contributed by atoms with Gasteiger partial charge in [0.2, 0.25) is 6.41 Å². The Bertz CT molecular complexity index is 712. The Morgan fingerprint density at radius 2 is 1.61 bits per heavy atom. The lowest BCUT2D eigenvalue weighted by molar-refractivity contribution is -0.133. The normalized spacial score (nSPS) is 11.7. The van der Waals surface area contributed by atoms with Gasteiger partial charge in [-0.05, 0) is 28.8 Å². The number of hydrogen-bond donors (Lipinski definition) is 3. The van der Waals surface area contributed by atoms with E-state index in [2.05, 4.69) is 5.32 Å². The summed E-state index contributed by atoms with van der Waals surface area (Å²) in [4.78, 5) is 22.0. The summed E-state index contributed by atoms with van der Waals surface area (Å²) in [6.07, 6.45) is 0.290. The van der Waals surface area contributed by atoms with Gasteiger partial charge in [-0.15, -0.1) is 0 Å². The van der Waals surface area contributed by atoms with Crippen molar-refractivity contribution in [1.29, 1.82) is 0 Å². The highest BCUT2D eigenvalue weighted by molar-refractivity contribution is 5.84. The summed E-state index contributed by atoms with van der Waals surface area (Å²) in [5, 5.41) is 10.9. The maximum Gasteiger partial charge on any atom is 0.270 e. The zero-order valence-electron chi connectivity index (χ0n) is 11.5. The SMILES string of the molecule is O=CNC(C(=O)NO)c1ccc(-c2cc(F)c(F)c(F)c2)cc1. The molecule has 23 heavy (non-hydrogen) atoms. The van der Waals surface area contributed by atoms with Crippen LogP contribution in [0.3, 0.4) is 0 Å². The molecule has 0 aliphatic rings. The van der Waals surface area contributed by atoms with Crippen molar-refractivity contribution in [1.82, 2.24) is 10.8 Å². The average molecular weight is 324 g/mol. The lowest BCUT2D eigenvalue weighted by Gasteiger charge is -2.14. The van der Waals surface area contributed by atoms with Crippen molar-refractivity contribution in [3.8, 4) is 11.1 Å². The summed E-state index contributed by atoms with van der Waals surface area (Å²) in [6.45, 7) is 0. The monoisotopic (exact) mass is 324 g/mol. The Balaban J connectivity index is 2.35. The van der Waals surface area contributed by atoms with E-state index in [1.165, 1.54) is 29.7 Å². The van der Waals surface area contributed by atoms with Gasteiger partial charge in [0, 0.05) is 0 Å². The summed E-state index contributed by atoms with van der Waals surface area (Å²) < 4.78 is 39.4. The van der Waals surface area contributed by atoms with Crippen LogP contribution in [-0.2, 0) is 9.59 Å². The number of carbonyl (C=O) groups is 2. The number of rotatable bonds is 5. The number of amides is 2. The lowest BCUT2D eigenvalue weighted by Crippen LogP contribution is -2.35. The van der Waals surface area contributed by atoms with Gasteiger partial charge in [0.25, 0.3) is 5.91 Å². The second kappa shape index (κ2) is 6.93. The first-order valence-corrected chi connectivity index (χ1v) is 6.36. The first-order valence-electron chi connectivity index (χ1n) is 6.36. The van der Waals surface area contributed by atoms with Gasteiger partial charge >= 0.3 is 0 Å². The third-order valence-electron chi connectivity index (χ3n) is 3.17. The van der Waals surface area contributed by atoms with E-state index in [1.54, 1.807) is 0 Å². The minimum absolute atomic E-state index is 0.111. The molecule has 2 aromatic carbocycles. The van der Waals surface area contributed by atoms with Crippen LogP contribution in [0, 0.1) is 17.5 Å². The van der Waals surface area contributed by atoms with Crippen LogP contribution in [0.1, 0.15) is 11.6 Å². The van der Waals surface area contributed by atoms with Crippen LogP contribution >= 0.6 is 0 Å². The van der Waals surface area contributed by atoms with Gasteiger partial charge in [-0.25, -0.2) is 18.7 Å². The summed E-state index contributed by atoms with van der Waals surface area (Å²) in [7, 11) is 0. The first kappa shape index (κ1) is 16.5. The average Bonchev–Trinajstić information content (AvgIpc) is 2.56. The molecule has 5 nitrogen and oxygen atoms in total. The van der Waals surface area contributed by atoms with Crippen molar-refractivity contribution in [2.24, 2.45) is 0 Å². The Hall–Kier alpha value is -2.87. The van der Waals surface area contributed by atoms with Gasteiger partial charge in [0.05, 0.1) is 0 Å². The van der Waals surface area contributed by atoms with Gasteiger partial charge in [0.1, 0.15) is 6.04 Å². The maximum atomic E-state index is 13.2. The lowest BCUT2D eigenvalue weighted by atomic mass is 10.00. The number of nitrogens with one attached hydrogen (secondary N) is 2. The number of halogens is 3. The van der Waals surface area contributed by atoms with E-state index in [-0.39, 0.29) is 5.56 Å². The fourth-order valence-electron chi connectivity index (χ4n) is 2.05.